The number of amides is 3. The summed E-state index contributed by atoms with van der Waals surface area (Å²) in [5.41, 5.74) is 1.54. The molecule has 7 heteroatoms. The first kappa shape index (κ1) is 22.3. The third-order valence-electron chi connectivity index (χ3n) is 5.47. The number of carbonyl (C=O) groups excluding carboxylic acids is 2. The number of imide groups is 1. The van der Waals surface area contributed by atoms with Gasteiger partial charge in [-0.05, 0) is 41.7 Å². The number of aliphatic hydroxyl groups excluding tert-OH is 1. The van der Waals surface area contributed by atoms with Gasteiger partial charge in [-0.25, -0.2) is 4.79 Å². The maximum absolute atomic E-state index is 13.0. The Balaban J connectivity index is 1.61. The van der Waals surface area contributed by atoms with Crippen molar-refractivity contribution in [1.29, 1.82) is 5.26 Å². The average molecular weight is 421 g/mol. The third-order valence-corrected chi connectivity index (χ3v) is 5.47. The van der Waals surface area contributed by atoms with E-state index >= 15 is 0 Å². The number of rotatable bonds is 8. The highest BCUT2D eigenvalue weighted by Gasteiger charge is 2.49. The summed E-state index contributed by atoms with van der Waals surface area (Å²) in [5.74, 6) is 0.493. The van der Waals surface area contributed by atoms with Gasteiger partial charge in [0.15, 0.2) is 0 Å². The molecule has 2 atom stereocenters. The Labute approximate surface area is 182 Å². The molecule has 2 aromatic carbocycles. The highest BCUT2D eigenvalue weighted by molar-refractivity contribution is 6.07. The minimum absolute atomic E-state index is 0.0749. The van der Waals surface area contributed by atoms with E-state index in [0.717, 1.165) is 16.0 Å². The number of aliphatic hydroxyl groups is 1. The Kier molecular flexibility index (Phi) is 6.62. The molecule has 3 amide bonds. The average Bonchev–Trinajstić information content (AvgIpc) is 2.97. The van der Waals surface area contributed by atoms with Gasteiger partial charge in [0.25, 0.3) is 5.91 Å². The van der Waals surface area contributed by atoms with Crippen LogP contribution < -0.4 is 10.1 Å². The molecule has 0 unspecified atom stereocenters. The Bertz CT molecular complexity index is 979. The summed E-state index contributed by atoms with van der Waals surface area (Å²) < 4.78 is 5.55. The summed E-state index contributed by atoms with van der Waals surface area (Å²) in [7, 11) is 0. The fourth-order valence-corrected chi connectivity index (χ4v) is 3.51. The molecule has 0 saturated carbocycles. The second-order valence-corrected chi connectivity index (χ2v) is 8.19. The van der Waals surface area contributed by atoms with Crippen molar-refractivity contribution >= 4 is 11.9 Å². The first-order valence-electron chi connectivity index (χ1n) is 10.3. The zero-order valence-electron chi connectivity index (χ0n) is 18.0. The molecule has 0 spiro atoms. The van der Waals surface area contributed by atoms with Gasteiger partial charge >= 0.3 is 6.03 Å². The standard InChI is InChI=1S/C24H27N3O4/c1-16(2)18-6-8-19(9-7-18)24(3)22(29)27(23(30)26-24)14-20(28)15-31-21-10-4-17(5-11-21)12-13-25/h4-11,16,20,28H,12,14-15H2,1-3H3,(H,26,30)/t20-,24+/m0/s1. The maximum atomic E-state index is 13.0. The second kappa shape index (κ2) is 9.19. The largest absolute Gasteiger partial charge is 0.491 e. The van der Waals surface area contributed by atoms with Gasteiger partial charge in [0.05, 0.1) is 19.0 Å². The predicted molar refractivity (Wildman–Crippen MR) is 115 cm³/mol. The number of benzene rings is 2. The summed E-state index contributed by atoms with van der Waals surface area (Å²) >= 11 is 0. The van der Waals surface area contributed by atoms with Crippen LogP contribution in [0.5, 0.6) is 5.75 Å². The number of nitriles is 1. The lowest BCUT2D eigenvalue weighted by molar-refractivity contribution is -0.132. The smallest absolute Gasteiger partial charge is 0.325 e. The van der Waals surface area contributed by atoms with Crippen molar-refractivity contribution in [1.82, 2.24) is 10.2 Å². The molecule has 1 heterocycles. The third kappa shape index (κ3) is 4.86. The van der Waals surface area contributed by atoms with Gasteiger partial charge in [-0.2, -0.15) is 5.26 Å². The number of hydrogen-bond donors (Lipinski definition) is 2. The maximum Gasteiger partial charge on any atom is 0.325 e. The fourth-order valence-electron chi connectivity index (χ4n) is 3.51. The van der Waals surface area contributed by atoms with E-state index in [1.807, 2.05) is 24.3 Å². The molecule has 2 N–H and O–H groups in total. The van der Waals surface area contributed by atoms with Crippen LogP contribution in [-0.2, 0) is 16.8 Å². The molecule has 7 nitrogen and oxygen atoms in total. The van der Waals surface area contributed by atoms with Gasteiger partial charge in [-0.3, -0.25) is 9.69 Å². The normalized spacial score (nSPS) is 19.3. The molecule has 1 fully saturated rings. The lowest BCUT2D eigenvalue weighted by Gasteiger charge is -2.23. The van der Waals surface area contributed by atoms with E-state index in [-0.39, 0.29) is 13.2 Å². The molecule has 0 bridgehead atoms. The van der Waals surface area contributed by atoms with Crippen molar-refractivity contribution in [2.45, 2.75) is 44.8 Å². The van der Waals surface area contributed by atoms with Crippen molar-refractivity contribution < 1.29 is 19.4 Å². The number of β-amino-alcohol motifs (C(OH)–C–C–N with tert-alkyl or cyclic N) is 1. The number of ether oxygens (including phenoxy) is 1. The highest BCUT2D eigenvalue weighted by Crippen LogP contribution is 2.30. The van der Waals surface area contributed by atoms with Crippen LogP contribution in [-0.4, -0.2) is 41.2 Å². The number of carbonyl (C=O) groups is 2. The molecule has 0 aliphatic carbocycles. The van der Waals surface area contributed by atoms with Crippen molar-refractivity contribution in [2.75, 3.05) is 13.2 Å². The first-order valence-corrected chi connectivity index (χ1v) is 10.3. The monoisotopic (exact) mass is 421 g/mol. The van der Waals surface area contributed by atoms with Crippen LogP contribution in [0.2, 0.25) is 0 Å². The van der Waals surface area contributed by atoms with Gasteiger partial charge in [-0.1, -0.05) is 50.2 Å². The van der Waals surface area contributed by atoms with Crippen molar-refractivity contribution in [3.05, 3.63) is 65.2 Å². The molecule has 0 radical (unpaired) electrons. The Morgan fingerprint density at radius 2 is 1.77 bits per heavy atom. The molecular formula is C24H27N3O4. The van der Waals surface area contributed by atoms with Crippen molar-refractivity contribution in [3.8, 4) is 11.8 Å². The summed E-state index contributed by atoms with van der Waals surface area (Å²) in [5, 5.41) is 21.8. The molecule has 2 aromatic rings. The Hall–Kier alpha value is -3.37. The highest BCUT2D eigenvalue weighted by atomic mass is 16.5. The van der Waals surface area contributed by atoms with Gasteiger partial charge in [0.2, 0.25) is 0 Å². The first-order chi connectivity index (χ1) is 14.7. The number of hydrogen-bond acceptors (Lipinski definition) is 5. The lowest BCUT2D eigenvalue weighted by Crippen LogP contribution is -2.42. The van der Waals surface area contributed by atoms with Crippen LogP contribution in [0, 0.1) is 11.3 Å². The molecule has 1 saturated heterocycles. The zero-order valence-corrected chi connectivity index (χ0v) is 18.0. The van der Waals surface area contributed by atoms with Crippen molar-refractivity contribution in [2.24, 2.45) is 0 Å². The summed E-state index contributed by atoms with van der Waals surface area (Å²) in [6.45, 7) is 5.60. The molecule has 1 aliphatic heterocycles. The Morgan fingerprint density at radius 3 is 2.35 bits per heavy atom. The fraction of sp³-hybridized carbons (Fsp3) is 0.375. The van der Waals surface area contributed by atoms with E-state index in [2.05, 4.69) is 25.2 Å². The van der Waals surface area contributed by atoms with Crippen molar-refractivity contribution in [3.63, 3.8) is 0 Å². The number of nitrogens with one attached hydrogen (secondary N) is 1. The molecular weight excluding hydrogens is 394 g/mol. The Morgan fingerprint density at radius 1 is 1.13 bits per heavy atom. The summed E-state index contributed by atoms with van der Waals surface area (Å²) in [6.07, 6.45) is -0.729. The topological polar surface area (TPSA) is 103 Å². The van der Waals surface area contributed by atoms with Crippen LogP contribution >= 0.6 is 0 Å². The molecule has 31 heavy (non-hydrogen) atoms. The zero-order chi connectivity index (χ0) is 22.6. The second-order valence-electron chi connectivity index (χ2n) is 8.19. The van der Waals surface area contributed by atoms with E-state index in [1.165, 1.54) is 0 Å². The minimum Gasteiger partial charge on any atom is -0.491 e. The van der Waals surface area contributed by atoms with Gasteiger partial charge < -0.3 is 15.2 Å². The van der Waals surface area contributed by atoms with Gasteiger partial charge in [-0.15, -0.1) is 0 Å². The van der Waals surface area contributed by atoms with E-state index in [9.17, 15) is 14.7 Å². The quantitative estimate of drug-likeness (QED) is 0.638. The molecule has 1 aliphatic rings. The van der Waals surface area contributed by atoms with Gasteiger partial charge in [0.1, 0.15) is 24.0 Å². The van der Waals surface area contributed by atoms with Crippen LogP contribution in [0.4, 0.5) is 4.79 Å². The molecule has 0 aromatic heterocycles. The SMILES string of the molecule is CC(C)c1ccc([C@@]2(C)NC(=O)N(C[C@H](O)COc3ccc(CC#N)cc3)C2=O)cc1. The van der Waals surface area contributed by atoms with E-state index in [4.69, 9.17) is 10.00 Å². The number of urea groups is 1. The van der Waals surface area contributed by atoms with E-state index in [0.29, 0.717) is 23.7 Å². The summed E-state index contributed by atoms with van der Waals surface area (Å²) in [4.78, 5) is 26.5. The number of nitrogens with zero attached hydrogens (tertiary/aromatic N) is 2. The molecule has 3 rings (SSSR count). The lowest BCUT2D eigenvalue weighted by atomic mass is 9.90. The van der Waals surface area contributed by atoms with Crippen LogP contribution in [0.15, 0.2) is 48.5 Å². The summed E-state index contributed by atoms with van der Waals surface area (Å²) in [6, 6.07) is 16.1. The van der Waals surface area contributed by atoms with E-state index in [1.54, 1.807) is 31.2 Å². The van der Waals surface area contributed by atoms with Crippen LogP contribution in [0.1, 0.15) is 43.4 Å². The van der Waals surface area contributed by atoms with Gasteiger partial charge in [0, 0.05) is 0 Å². The predicted octanol–water partition coefficient (Wildman–Crippen LogP) is 3.08. The van der Waals surface area contributed by atoms with E-state index < -0.39 is 23.6 Å². The van der Waals surface area contributed by atoms with Crippen LogP contribution in [0.3, 0.4) is 0 Å². The minimum atomic E-state index is -1.18. The molecule has 162 valence electrons. The van der Waals surface area contributed by atoms with Crippen LogP contribution in [0.25, 0.3) is 0 Å².